The molecule has 2 aromatic carbocycles. The van der Waals surface area contributed by atoms with Crippen molar-refractivity contribution in [2.45, 2.75) is 45.4 Å². The Labute approximate surface area is 157 Å². The van der Waals surface area contributed by atoms with Crippen molar-refractivity contribution in [1.29, 1.82) is 5.26 Å². The van der Waals surface area contributed by atoms with Gasteiger partial charge in [-0.15, -0.1) is 0 Å². The summed E-state index contributed by atoms with van der Waals surface area (Å²) < 4.78 is 5.56. The van der Waals surface area contributed by atoms with E-state index in [2.05, 4.69) is 0 Å². The summed E-state index contributed by atoms with van der Waals surface area (Å²) in [7, 11) is 0. The molecule has 3 rings (SSSR count). The zero-order chi connectivity index (χ0) is 18.3. The van der Waals surface area contributed by atoms with E-state index in [4.69, 9.17) is 15.7 Å². The SMILES string of the molecule is C1CCCC1.CCC#N.N.NC(=O)c1cccc(Oc2ccccc2)c1.[HH]. The third-order valence-corrected chi connectivity index (χ3v) is 3.51. The van der Waals surface area contributed by atoms with Gasteiger partial charge in [-0.05, 0) is 30.3 Å². The minimum atomic E-state index is -0.460. The molecule has 0 unspecified atom stereocenters. The molecule has 0 saturated heterocycles. The van der Waals surface area contributed by atoms with Crippen LogP contribution in [0.5, 0.6) is 11.5 Å². The van der Waals surface area contributed by atoms with Crippen LogP contribution in [0.25, 0.3) is 0 Å². The molecular formula is C21H31N3O2. The first-order valence-electron chi connectivity index (χ1n) is 8.67. The first-order chi connectivity index (χ1) is 12.2. The summed E-state index contributed by atoms with van der Waals surface area (Å²) in [6.45, 7) is 1.82. The van der Waals surface area contributed by atoms with E-state index in [1.165, 1.54) is 32.1 Å². The van der Waals surface area contributed by atoms with Crippen LogP contribution in [0.3, 0.4) is 0 Å². The number of amides is 1. The van der Waals surface area contributed by atoms with E-state index in [1.807, 2.05) is 43.3 Å². The van der Waals surface area contributed by atoms with E-state index < -0.39 is 5.91 Å². The van der Waals surface area contributed by atoms with Gasteiger partial charge in [-0.1, -0.05) is 63.3 Å². The minimum absolute atomic E-state index is 0. The number of carbonyl (C=O) groups excluding carboxylic acids is 1. The maximum absolute atomic E-state index is 11.0. The molecule has 2 aromatic rings. The highest BCUT2D eigenvalue weighted by Crippen LogP contribution is 2.21. The van der Waals surface area contributed by atoms with Gasteiger partial charge in [-0.3, -0.25) is 4.79 Å². The predicted octanol–water partition coefficient (Wildman–Crippen LogP) is 5.86. The molecule has 1 saturated carbocycles. The Morgan fingerprint density at radius 2 is 1.54 bits per heavy atom. The Kier molecular flexibility index (Phi) is 12.9. The number of nitriles is 1. The number of para-hydroxylation sites is 1. The quantitative estimate of drug-likeness (QED) is 0.716. The Hall–Kier alpha value is -2.84. The lowest BCUT2D eigenvalue weighted by atomic mass is 10.2. The molecule has 26 heavy (non-hydrogen) atoms. The number of benzene rings is 2. The van der Waals surface area contributed by atoms with Crippen LogP contribution in [-0.2, 0) is 0 Å². The second-order valence-corrected chi connectivity index (χ2v) is 5.59. The highest BCUT2D eigenvalue weighted by Gasteiger charge is 2.02. The number of ether oxygens (including phenoxy) is 1. The van der Waals surface area contributed by atoms with Crippen molar-refractivity contribution in [1.82, 2.24) is 6.15 Å². The van der Waals surface area contributed by atoms with E-state index in [1.54, 1.807) is 24.3 Å². The molecule has 0 aromatic heterocycles. The topological polar surface area (TPSA) is 111 Å². The molecular weight excluding hydrogens is 326 g/mol. The largest absolute Gasteiger partial charge is 0.457 e. The van der Waals surface area contributed by atoms with Crippen LogP contribution < -0.4 is 16.6 Å². The highest BCUT2D eigenvalue weighted by molar-refractivity contribution is 5.93. The third-order valence-electron chi connectivity index (χ3n) is 3.51. The summed E-state index contributed by atoms with van der Waals surface area (Å²) in [5.41, 5.74) is 5.62. The monoisotopic (exact) mass is 357 g/mol. The second kappa shape index (κ2) is 14.5. The van der Waals surface area contributed by atoms with Gasteiger partial charge in [0.05, 0.1) is 6.07 Å². The maximum Gasteiger partial charge on any atom is 0.248 e. The van der Waals surface area contributed by atoms with Gasteiger partial charge in [-0.2, -0.15) is 5.26 Å². The lowest BCUT2D eigenvalue weighted by molar-refractivity contribution is 0.1000. The van der Waals surface area contributed by atoms with Gasteiger partial charge >= 0.3 is 0 Å². The molecule has 0 bridgehead atoms. The summed E-state index contributed by atoms with van der Waals surface area (Å²) in [6, 6.07) is 18.1. The minimum Gasteiger partial charge on any atom is -0.457 e. The normalized spacial score (nSPS) is 11.4. The van der Waals surface area contributed by atoms with Crippen molar-refractivity contribution in [3.8, 4) is 17.6 Å². The molecule has 5 N–H and O–H groups in total. The number of carbonyl (C=O) groups is 1. The Bertz CT molecular complexity index is 661. The number of nitrogens with zero attached hydrogens (tertiary/aromatic N) is 1. The predicted molar refractivity (Wildman–Crippen MR) is 108 cm³/mol. The number of hydrogen-bond donors (Lipinski definition) is 2. The van der Waals surface area contributed by atoms with Crippen molar-refractivity contribution >= 4 is 5.91 Å². The maximum atomic E-state index is 11.0. The first-order valence-corrected chi connectivity index (χ1v) is 8.67. The van der Waals surface area contributed by atoms with Gasteiger partial charge in [0.2, 0.25) is 5.91 Å². The van der Waals surface area contributed by atoms with Gasteiger partial charge in [-0.25, -0.2) is 0 Å². The first kappa shape index (κ1) is 23.2. The number of nitrogens with two attached hydrogens (primary N) is 1. The Balaban J connectivity index is 0. The van der Waals surface area contributed by atoms with Crippen LogP contribution in [0, 0.1) is 11.3 Å². The van der Waals surface area contributed by atoms with Crippen LogP contribution in [0.4, 0.5) is 0 Å². The molecule has 1 aliphatic carbocycles. The van der Waals surface area contributed by atoms with Gasteiger partial charge in [0.1, 0.15) is 11.5 Å². The fourth-order valence-electron chi connectivity index (χ4n) is 2.22. The van der Waals surface area contributed by atoms with Crippen LogP contribution in [0.2, 0.25) is 0 Å². The molecule has 1 aliphatic rings. The standard InChI is InChI=1S/C13H11NO2.C5H10.C3H5N.H3N.H2/c14-13(15)10-5-4-8-12(9-10)16-11-6-2-1-3-7-11;1-2-4-5-3-1;1-2-3-4;;/h1-9H,(H2,14,15);1-5H2;2H2,1H3;1H3;1H. The van der Waals surface area contributed by atoms with Crippen molar-refractivity contribution < 1.29 is 11.0 Å². The number of rotatable bonds is 3. The van der Waals surface area contributed by atoms with Gasteiger partial charge < -0.3 is 16.6 Å². The van der Waals surface area contributed by atoms with Crippen molar-refractivity contribution in [3.63, 3.8) is 0 Å². The summed E-state index contributed by atoms with van der Waals surface area (Å²) in [6.07, 6.45) is 8.12. The number of hydrogen-bond acceptors (Lipinski definition) is 4. The molecule has 0 radical (unpaired) electrons. The van der Waals surface area contributed by atoms with Crippen LogP contribution in [0.1, 0.15) is 57.2 Å². The van der Waals surface area contributed by atoms with E-state index in [9.17, 15) is 4.79 Å². The highest BCUT2D eigenvalue weighted by atomic mass is 16.5. The van der Waals surface area contributed by atoms with E-state index in [0.717, 1.165) is 5.75 Å². The van der Waals surface area contributed by atoms with Gasteiger partial charge in [0.15, 0.2) is 0 Å². The molecule has 0 aliphatic heterocycles. The molecule has 0 spiro atoms. The zero-order valence-corrected chi connectivity index (χ0v) is 15.5. The van der Waals surface area contributed by atoms with E-state index >= 15 is 0 Å². The smallest absolute Gasteiger partial charge is 0.248 e. The van der Waals surface area contributed by atoms with Crippen molar-refractivity contribution in [2.75, 3.05) is 0 Å². The summed E-state index contributed by atoms with van der Waals surface area (Å²) in [5, 5.41) is 7.62. The van der Waals surface area contributed by atoms with Crippen molar-refractivity contribution in [3.05, 3.63) is 60.2 Å². The van der Waals surface area contributed by atoms with E-state index in [-0.39, 0.29) is 7.58 Å². The lowest BCUT2D eigenvalue weighted by Gasteiger charge is -2.05. The lowest BCUT2D eigenvalue weighted by Crippen LogP contribution is -2.10. The second-order valence-electron chi connectivity index (χ2n) is 5.59. The fourth-order valence-corrected chi connectivity index (χ4v) is 2.22. The van der Waals surface area contributed by atoms with Gasteiger partial charge in [0, 0.05) is 13.4 Å². The number of primary amides is 1. The van der Waals surface area contributed by atoms with Gasteiger partial charge in [0.25, 0.3) is 0 Å². The average Bonchev–Trinajstić information content (AvgIpc) is 3.23. The van der Waals surface area contributed by atoms with Crippen LogP contribution >= 0.6 is 0 Å². The third kappa shape index (κ3) is 10.1. The molecule has 1 amide bonds. The molecule has 0 heterocycles. The fraction of sp³-hybridized carbons (Fsp3) is 0.333. The summed E-state index contributed by atoms with van der Waals surface area (Å²) >= 11 is 0. The average molecular weight is 357 g/mol. The molecule has 5 heteroatoms. The Morgan fingerprint density at radius 3 is 2.00 bits per heavy atom. The zero-order valence-electron chi connectivity index (χ0n) is 15.5. The molecule has 5 nitrogen and oxygen atoms in total. The Morgan fingerprint density at radius 1 is 1.04 bits per heavy atom. The molecule has 0 atom stereocenters. The van der Waals surface area contributed by atoms with Crippen LogP contribution in [-0.4, -0.2) is 5.91 Å². The van der Waals surface area contributed by atoms with Crippen LogP contribution in [0.15, 0.2) is 54.6 Å². The summed E-state index contributed by atoms with van der Waals surface area (Å²) in [4.78, 5) is 11.0. The summed E-state index contributed by atoms with van der Waals surface area (Å²) in [5.74, 6) is 0.866. The molecule has 1 fully saturated rings. The van der Waals surface area contributed by atoms with Crippen molar-refractivity contribution in [2.24, 2.45) is 5.73 Å². The molecule has 142 valence electrons. The van der Waals surface area contributed by atoms with E-state index in [0.29, 0.717) is 17.7 Å².